The van der Waals surface area contributed by atoms with Crippen molar-refractivity contribution in [2.24, 2.45) is 0 Å². The third kappa shape index (κ3) is 1.76. The Morgan fingerprint density at radius 3 is 2.67 bits per heavy atom. The molecule has 1 fully saturated rings. The van der Waals surface area contributed by atoms with Gasteiger partial charge in [0.2, 0.25) is 0 Å². The number of likely N-dealkylation sites (N-methyl/N-ethyl adjacent to an activating group) is 1. The second kappa shape index (κ2) is 3.41. The van der Waals surface area contributed by atoms with E-state index < -0.39 is 5.54 Å². The normalized spacial score (nSPS) is 18.4. The third-order valence-corrected chi connectivity index (χ3v) is 2.14. The van der Waals surface area contributed by atoms with Crippen LogP contribution in [0.5, 0.6) is 0 Å². The first-order valence-electron chi connectivity index (χ1n) is 4.22. The molecule has 0 saturated carbocycles. The summed E-state index contributed by atoms with van der Waals surface area (Å²) in [6, 6.07) is 0. The molecule has 1 amide bonds. The lowest BCUT2D eigenvalue weighted by Gasteiger charge is -2.27. The van der Waals surface area contributed by atoms with Gasteiger partial charge in [-0.05, 0) is 27.3 Å². The zero-order valence-electron chi connectivity index (χ0n) is 7.89. The van der Waals surface area contributed by atoms with Crippen molar-refractivity contribution in [1.29, 1.82) is 0 Å². The Hall–Kier alpha value is -0.610. The molecule has 4 nitrogen and oxygen atoms in total. The van der Waals surface area contributed by atoms with Gasteiger partial charge in [-0.25, -0.2) is 5.06 Å². The highest BCUT2D eigenvalue weighted by Gasteiger charge is 2.32. The van der Waals surface area contributed by atoms with Gasteiger partial charge < -0.3 is 5.32 Å². The Kier molecular flexibility index (Phi) is 2.69. The number of carbonyl (C=O) groups is 1. The van der Waals surface area contributed by atoms with Crippen LogP contribution in [0.4, 0.5) is 0 Å². The van der Waals surface area contributed by atoms with Gasteiger partial charge >= 0.3 is 0 Å². The predicted molar refractivity (Wildman–Crippen MR) is 45.4 cm³/mol. The summed E-state index contributed by atoms with van der Waals surface area (Å²) in [4.78, 5) is 16.8. The first kappa shape index (κ1) is 9.48. The van der Waals surface area contributed by atoms with Gasteiger partial charge in [-0.15, -0.1) is 0 Å². The number of hydrogen-bond acceptors (Lipinski definition) is 3. The number of nitrogens with one attached hydrogen (secondary N) is 1. The van der Waals surface area contributed by atoms with E-state index >= 15 is 0 Å². The fraction of sp³-hybridized carbons (Fsp3) is 0.875. The van der Waals surface area contributed by atoms with Crippen LogP contribution in [0.25, 0.3) is 0 Å². The van der Waals surface area contributed by atoms with Crippen molar-refractivity contribution < 1.29 is 9.63 Å². The molecular weight excluding hydrogens is 156 g/mol. The fourth-order valence-electron chi connectivity index (χ4n) is 1.03. The summed E-state index contributed by atoms with van der Waals surface area (Å²) in [6.45, 7) is 5.06. The van der Waals surface area contributed by atoms with Crippen molar-refractivity contribution >= 4 is 5.91 Å². The van der Waals surface area contributed by atoms with Crippen molar-refractivity contribution in [2.45, 2.75) is 25.8 Å². The van der Waals surface area contributed by atoms with Crippen LogP contribution in [0.3, 0.4) is 0 Å². The molecule has 0 bridgehead atoms. The Bertz CT molecular complexity index is 174. The molecule has 1 rings (SSSR count). The summed E-state index contributed by atoms with van der Waals surface area (Å²) in [6.07, 6.45) is 0.936. The van der Waals surface area contributed by atoms with Crippen LogP contribution < -0.4 is 5.32 Å². The van der Waals surface area contributed by atoms with Crippen LogP contribution >= 0.6 is 0 Å². The first-order valence-corrected chi connectivity index (χ1v) is 4.22. The van der Waals surface area contributed by atoms with Crippen LogP contribution in [0, 0.1) is 0 Å². The first-order chi connectivity index (χ1) is 5.58. The van der Waals surface area contributed by atoms with Crippen LogP contribution in [0.1, 0.15) is 20.3 Å². The van der Waals surface area contributed by atoms with E-state index in [2.05, 4.69) is 5.32 Å². The molecule has 12 heavy (non-hydrogen) atoms. The molecule has 0 aliphatic carbocycles. The Morgan fingerprint density at radius 2 is 2.25 bits per heavy atom. The van der Waals surface area contributed by atoms with Crippen LogP contribution in [0.15, 0.2) is 0 Å². The number of hydrogen-bond donors (Lipinski definition) is 1. The van der Waals surface area contributed by atoms with E-state index in [1.807, 2.05) is 13.8 Å². The zero-order chi connectivity index (χ0) is 9.19. The molecule has 1 heterocycles. The average molecular weight is 172 g/mol. The fourth-order valence-corrected chi connectivity index (χ4v) is 1.03. The van der Waals surface area contributed by atoms with Gasteiger partial charge in [0.15, 0.2) is 0 Å². The van der Waals surface area contributed by atoms with Gasteiger partial charge in [0, 0.05) is 0 Å². The van der Waals surface area contributed by atoms with Gasteiger partial charge in [0.25, 0.3) is 5.91 Å². The lowest BCUT2D eigenvalue weighted by molar-refractivity contribution is -0.174. The van der Waals surface area contributed by atoms with E-state index in [1.165, 1.54) is 5.06 Å². The second-order valence-corrected chi connectivity index (χ2v) is 3.47. The molecule has 0 aromatic rings. The maximum Gasteiger partial charge on any atom is 0.265 e. The summed E-state index contributed by atoms with van der Waals surface area (Å²) in [5.74, 6) is 0.00231. The van der Waals surface area contributed by atoms with Gasteiger partial charge in [-0.3, -0.25) is 9.63 Å². The second-order valence-electron chi connectivity index (χ2n) is 3.47. The number of nitrogens with zero attached hydrogens (tertiary/aromatic N) is 1. The Labute approximate surface area is 72.8 Å². The minimum atomic E-state index is -0.523. The molecule has 0 aromatic carbocycles. The summed E-state index contributed by atoms with van der Waals surface area (Å²) in [5.41, 5.74) is -0.523. The van der Waals surface area contributed by atoms with Crippen molar-refractivity contribution in [3.05, 3.63) is 0 Å². The average Bonchev–Trinajstić information content (AvgIpc) is 2.55. The van der Waals surface area contributed by atoms with Gasteiger partial charge in [-0.1, -0.05) is 0 Å². The molecule has 1 aliphatic rings. The third-order valence-electron chi connectivity index (χ3n) is 2.14. The monoisotopic (exact) mass is 172 g/mol. The van der Waals surface area contributed by atoms with Crippen molar-refractivity contribution in [1.82, 2.24) is 10.4 Å². The molecule has 1 N–H and O–H groups in total. The molecule has 0 atom stereocenters. The van der Waals surface area contributed by atoms with Crippen LogP contribution in [-0.4, -0.2) is 36.7 Å². The van der Waals surface area contributed by atoms with Crippen LogP contribution in [0.2, 0.25) is 0 Å². The van der Waals surface area contributed by atoms with Crippen molar-refractivity contribution in [3.8, 4) is 0 Å². The standard InChI is InChI=1S/C8H16N2O2/c1-8(2,9-3)7(11)10-5-4-6-12-10/h9H,4-6H2,1-3H3. The SMILES string of the molecule is CNC(C)(C)C(=O)N1CCCO1. The zero-order valence-corrected chi connectivity index (χ0v) is 7.89. The quantitative estimate of drug-likeness (QED) is 0.644. The number of rotatable bonds is 2. The number of hydroxylamine groups is 2. The lowest BCUT2D eigenvalue weighted by atomic mass is 10.1. The molecule has 4 heteroatoms. The number of amides is 1. The minimum Gasteiger partial charge on any atom is -0.307 e. The molecule has 0 unspecified atom stereocenters. The smallest absolute Gasteiger partial charge is 0.265 e. The van der Waals surface area contributed by atoms with E-state index in [4.69, 9.17) is 4.84 Å². The van der Waals surface area contributed by atoms with Crippen molar-refractivity contribution in [2.75, 3.05) is 20.2 Å². The highest BCUT2D eigenvalue weighted by molar-refractivity contribution is 5.84. The topological polar surface area (TPSA) is 41.6 Å². The Morgan fingerprint density at radius 1 is 1.58 bits per heavy atom. The molecule has 0 aromatic heterocycles. The van der Waals surface area contributed by atoms with Crippen LogP contribution in [-0.2, 0) is 9.63 Å². The van der Waals surface area contributed by atoms with Gasteiger partial charge in [0.05, 0.1) is 18.7 Å². The van der Waals surface area contributed by atoms with Gasteiger partial charge in [-0.2, -0.15) is 0 Å². The van der Waals surface area contributed by atoms with E-state index in [9.17, 15) is 4.79 Å². The lowest BCUT2D eigenvalue weighted by Crippen LogP contribution is -2.51. The van der Waals surface area contributed by atoms with Gasteiger partial charge in [0.1, 0.15) is 0 Å². The maximum atomic E-state index is 11.6. The highest BCUT2D eigenvalue weighted by atomic mass is 16.7. The Balaban J connectivity index is 2.56. The van der Waals surface area contributed by atoms with E-state index in [1.54, 1.807) is 7.05 Å². The predicted octanol–water partition coefficient (Wildman–Crippen LogP) is 0.148. The summed E-state index contributed by atoms with van der Waals surface area (Å²) in [5, 5.41) is 4.39. The van der Waals surface area contributed by atoms with E-state index in [0.29, 0.717) is 13.2 Å². The maximum absolute atomic E-state index is 11.6. The molecule has 0 radical (unpaired) electrons. The molecular formula is C8H16N2O2. The summed E-state index contributed by atoms with van der Waals surface area (Å²) in [7, 11) is 1.77. The summed E-state index contributed by atoms with van der Waals surface area (Å²) >= 11 is 0. The molecule has 70 valence electrons. The number of carbonyl (C=O) groups excluding carboxylic acids is 1. The largest absolute Gasteiger partial charge is 0.307 e. The minimum absolute atomic E-state index is 0.00231. The van der Waals surface area contributed by atoms with Crippen molar-refractivity contribution in [3.63, 3.8) is 0 Å². The molecule has 0 spiro atoms. The molecule has 1 aliphatic heterocycles. The van der Waals surface area contributed by atoms with E-state index in [-0.39, 0.29) is 5.91 Å². The molecule has 1 saturated heterocycles. The highest BCUT2D eigenvalue weighted by Crippen LogP contribution is 2.12. The van der Waals surface area contributed by atoms with E-state index in [0.717, 1.165) is 6.42 Å². The summed E-state index contributed by atoms with van der Waals surface area (Å²) < 4.78 is 0.